The molecule has 2 unspecified atom stereocenters. The molecule has 2 rings (SSSR count). The number of halogens is 2. The van der Waals surface area contributed by atoms with Gasteiger partial charge in [0, 0.05) is 6.54 Å². The maximum absolute atomic E-state index is 13.7. The molecule has 0 heterocycles. The van der Waals surface area contributed by atoms with Crippen molar-refractivity contribution in [3.63, 3.8) is 0 Å². The van der Waals surface area contributed by atoms with E-state index in [-0.39, 0.29) is 11.3 Å². The van der Waals surface area contributed by atoms with Gasteiger partial charge in [0.2, 0.25) is 0 Å². The third kappa shape index (κ3) is 3.46. The highest BCUT2D eigenvalue weighted by atomic mass is 19.1. The minimum Gasteiger partial charge on any atom is -0.396 e. The van der Waals surface area contributed by atoms with Crippen LogP contribution < -0.4 is 11.1 Å². The predicted molar refractivity (Wildman–Crippen MR) is 74.2 cm³/mol. The molecule has 1 aromatic rings. The molecule has 0 bridgehead atoms. The molecule has 1 aromatic carbocycles. The highest BCUT2D eigenvalue weighted by molar-refractivity contribution is 5.95. The lowest BCUT2D eigenvalue weighted by molar-refractivity contribution is 0.0936. The second kappa shape index (κ2) is 6.20. The van der Waals surface area contributed by atoms with E-state index < -0.39 is 17.5 Å². The Balaban J connectivity index is 1.98. The summed E-state index contributed by atoms with van der Waals surface area (Å²) in [5.41, 5.74) is 4.65. The van der Waals surface area contributed by atoms with E-state index in [9.17, 15) is 13.6 Å². The Kier molecular flexibility index (Phi) is 4.57. The van der Waals surface area contributed by atoms with Gasteiger partial charge in [0.05, 0.1) is 11.3 Å². The van der Waals surface area contributed by atoms with E-state index in [1.807, 2.05) is 0 Å². The Morgan fingerprint density at radius 2 is 2.15 bits per heavy atom. The molecule has 0 aliphatic heterocycles. The van der Waals surface area contributed by atoms with Gasteiger partial charge in [-0.15, -0.1) is 0 Å². The van der Waals surface area contributed by atoms with Crippen LogP contribution in [0.25, 0.3) is 0 Å². The first-order chi connectivity index (χ1) is 9.47. The zero-order chi connectivity index (χ0) is 14.7. The van der Waals surface area contributed by atoms with Gasteiger partial charge >= 0.3 is 0 Å². The van der Waals surface area contributed by atoms with E-state index in [1.54, 1.807) is 0 Å². The summed E-state index contributed by atoms with van der Waals surface area (Å²) in [6, 6.07) is 1.75. The number of hydrogen-bond donors (Lipinski definition) is 2. The summed E-state index contributed by atoms with van der Waals surface area (Å²) in [5, 5.41) is 2.68. The number of nitrogen functional groups attached to an aromatic ring is 1. The molecule has 20 heavy (non-hydrogen) atoms. The van der Waals surface area contributed by atoms with Crippen LogP contribution in [0.5, 0.6) is 0 Å². The number of benzene rings is 1. The van der Waals surface area contributed by atoms with Crippen LogP contribution in [0.2, 0.25) is 0 Å². The summed E-state index contributed by atoms with van der Waals surface area (Å²) in [7, 11) is 0. The van der Waals surface area contributed by atoms with Gasteiger partial charge in [-0.05, 0) is 36.8 Å². The molecule has 3 N–H and O–H groups in total. The molecular formula is C15H20F2N2O. The van der Waals surface area contributed by atoms with Crippen molar-refractivity contribution in [2.75, 3.05) is 12.3 Å². The van der Waals surface area contributed by atoms with Gasteiger partial charge in [0.25, 0.3) is 5.91 Å². The number of nitrogens with two attached hydrogens (primary N) is 1. The van der Waals surface area contributed by atoms with E-state index >= 15 is 0 Å². The standard InChI is InChI=1S/C15H20F2N2O/c1-9-3-2-4-10(5-9)8-19-15(20)12-6-11(16)7-13(18)14(12)17/h6-7,9-10H,2-5,8,18H2,1H3,(H,19,20). The first-order valence-electron chi connectivity index (χ1n) is 7.00. The maximum Gasteiger partial charge on any atom is 0.254 e. The average molecular weight is 282 g/mol. The summed E-state index contributed by atoms with van der Waals surface area (Å²) in [5.74, 6) is -1.10. The van der Waals surface area contributed by atoms with Gasteiger partial charge in [0.1, 0.15) is 5.82 Å². The number of carbonyl (C=O) groups is 1. The van der Waals surface area contributed by atoms with E-state index in [0.29, 0.717) is 18.4 Å². The van der Waals surface area contributed by atoms with Crippen LogP contribution >= 0.6 is 0 Å². The lowest BCUT2D eigenvalue weighted by atomic mass is 9.82. The first kappa shape index (κ1) is 14.8. The van der Waals surface area contributed by atoms with Crippen LogP contribution in [0.3, 0.4) is 0 Å². The van der Waals surface area contributed by atoms with Gasteiger partial charge in [0.15, 0.2) is 5.82 Å². The zero-order valence-corrected chi connectivity index (χ0v) is 11.6. The fourth-order valence-corrected chi connectivity index (χ4v) is 2.85. The lowest BCUT2D eigenvalue weighted by Crippen LogP contribution is -2.32. The summed E-state index contributed by atoms with van der Waals surface area (Å²) < 4.78 is 26.9. The van der Waals surface area contributed by atoms with E-state index in [0.717, 1.165) is 31.4 Å². The van der Waals surface area contributed by atoms with Crippen molar-refractivity contribution in [1.82, 2.24) is 5.32 Å². The van der Waals surface area contributed by atoms with Crippen molar-refractivity contribution in [3.8, 4) is 0 Å². The Morgan fingerprint density at radius 3 is 2.85 bits per heavy atom. The van der Waals surface area contributed by atoms with Gasteiger partial charge in [-0.1, -0.05) is 19.8 Å². The van der Waals surface area contributed by atoms with Crippen molar-refractivity contribution in [1.29, 1.82) is 0 Å². The molecule has 1 aliphatic carbocycles. The number of rotatable bonds is 3. The average Bonchev–Trinajstić information content (AvgIpc) is 2.40. The fourth-order valence-electron chi connectivity index (χ4n) is 2.85. The number of carbonyl (C=O) groups excluding carboxylic acids is 1. The molecule has 2 atom stereocenters. The number of hydrogen-bond acceptors (Lipinski definition) is 2. The Bertz CT molecular complexity index is 505. The third-order valence-electron chi connectivity index (χ3n) is 3.91. The molecule has 0 radical (unpaired) electrons. The topological polar surface area (TPSA) is 55.1 Å². The van der Waals surface area contributed by atoms with Crippen molar-refractivity contribution in [2.45, 2.75) is 32.6 Å². The second-order valence-electron chi connectivity index (χ2n) is 5.70. The highest BCUT2D eigenvalue weighted by Crippen LogP contribution is 2.28. The molecule has 110 valence electrons. The summed E-state index contributed by atoms with van der Waals surface area (Å²) in [4.78, 5) is 11.9. The van der Waals surface area contributed by atoms with Crippen LogP contribution in [-0.4, -0.2) is 12.5 Å². The Labute approximate surface area is 117 Å². The molecule has 0 saturated heterocycles. The predicted octanol–water partition coefficient (Wildman–Crippen LogP) is 3.10. The smallest absolute Gasteiger partial charge is 0.254 e. The molecule has 1 fully saturated rings. The monoisotopic (exact) mass is 282 g/mol. The molecule has 0 aromatic heterocycles. The van der Waals surface area contributed by atoms with E-state index in [4.69, 9.17) is 5.73 Å². The zero-order valence-electron chi connectivity index (χ0n) is 11.6. The number of nitrogens with one attached hydrogen (secondary N) is 1. The fraction of sp³-hybridized carbons (Fsp3) is 0.533. The van der Waals surface area contributed by atoms with Crippen molar-refractivity contribution < 1.29 is 13.6 Å². The Morgan fingerprint density at radius 1 is 1.40 bits per heavy atom. The van der Waals surface area contributed by atoms with Gasteiger partial charge in [-0.25, -0.2) is 8.78 Å². The Hall–Kier alpha value is -1.65. The molecule has 1 aliphatic rings. The van der Waals surface area contributed by atoms with Gasteiger partial charge in [-0.3, -0.25) is 4.79 Å². The minimum atomic E-state index is -0.860. The molecule has 1 amide bonds. The van der Waals surface area contributed by atoms with Gasteiger partial charge in [-0.2, -0.15) is 0 Å². The van der Waals surface area contributed by atoms with Crippen molar-refractivity contribution >= 4 is 11.6 Å². The van der Waals surface area contributed by atoms with Crippen LogP contribution in [0.4, 0.5) is 14.5 Å². The van der Waals surface area contributed by atoms with Gasteiger partial charge < -0.3 is 11.1 Å². The number of anilines is 1. The largest absolute Gasteiger partial charge is 0.396 e. The second-order valence-corrected chi connectivity index (χ2v) is 5.70. The quantitative estimate of drug-likeness (QED) is 0.837. The van der Waals surface area contributed by atoms with E-state index in [1.165, 1.54) is 6.42 Å². The molecular weight excluding hydrogens is 262 g/mol. The highest BCUT2D eigenvalue weighted by Gasteiger charge is 2.21. The molecule has 0 spiro atoms. The van der Waals surface area contributed by atoms with E-state index in [2.05, 4.69) is 12.2 Å². The van der Waals surface area contributed by atoms with Crippen LogP contribution in [-0.2, 0) is 0 Å². The minimum absolute atomic E-state index is 0.327. The van der Waals surface area contributed by atoms with Crippen LogP contribution in [0.1, 0.15) is 43.0 Å². The molecule has 1 saturated carbocycles. The first-order valence-corrected chi connectivity index (χ1v) is 7.00. The normalized spacial score (nSPS) is 22.6. The molecule has 5 heteroatoms. The SMILES string of the molecule is CC1CCCC(CNC(=O)c2cc(F)cc(N)c2F)C1. The van der Waals surface area contributed by atoms with Crippen molar-refractivity contribution in [2.24, 2.45) is 11.8 Å². The lowest BCUT2D eigenvalue weighted by Gasteiger charge is -2.26. The van der Waals surface area contributed by atoms with Crippen molar-refractivity contribution in [3.05, 3.63) is 29.3 Å². The summed E-state index contributed by atoms with van der Waals surface area (Å²) in [6.07, 6.45) is 4.51. The summed E-state index contributed by atoms with van der Waals surface area (Å²) >= 11 is 0. The van der Waals surface area contributed by atoms with Crippen LogP contribution in [0.15, 0.2) is 12.1 Å². The number of amides is 1. The van der Waals surface area contributed by atoms with Crippen LogP contribution in [0, 0.1) is 23.5 Å². The summed E-state index contributed by atoms with van der Waals surface area (Å²) in [6.45, 7) is 2.69. The molecule has 3 nitrogen and oxygen atoms in total. The third-order valence-corrected chi connectivity index (χ3v) is 3.91. The maximum atomic E-state index is 13.7.